The van der Waals surface area contributed by atoms with Crippen molar-refractivity contribution in [2.45, 2.75) is 66.7 Å². The van der Waals surface area contributed by atoms with Crippen LogP contribution in [0.2, 0.25) is 0 Å². The zero-order valence-corrected chi connectivity index (χ0v) is 28.1. The summed E-state index contributed by atoms with van der Waals surface area (Å²) in [4.78, 5) is 32.5. The zero-order chi connectivity index (χ0) is 31.4. The second-order valence-electron chi connectivity index (χ2n) is 10.3. The molecule has 1 aliphatic rings. The lowest BCUT2D eigenvalue weighted by Crippen LogP contribution is -2.40. The van der Waals surface area contributed by atoms with Gasteiger partial charge in [-0.2, -0.15) is 0 Å². The average Bonchev–Trinajstić information content (AvgIpc) is 3.23. The van der Waals surface area contributed by atoms with Gasteiger partial charge in [-0.15, -0.1) is 0 Å². The average molecular weight is 674 g/mol. The summed E-state index contributed by atoms with van der Waals surface area (Å²) in [6.45, 7) is 13.8. The lowest BCUT2D eigenvalue weighted by atomic mass is 9.95. The predicted molar refractivity (Wildman–Crippen MR) is 170 cm³/mol. The highest BCUT2D eigenvalue weighted by atomic mass is 79.9. The van der Waals surface area contributed by atoms with Gasteiger partial charge in [0.15, 0.2) is 27.8 Å². The lowest BCUT2D eigenvalue weighted by Gasteiger charge is -2.25. The first-order chi connectivity index (χ1) is 20.5. The summed E-state index contributed by atoms with van der Waals surface area (Å²) in [7, 11) is 1.55. The van der Waals surface area contributed by atoms with E-state index in [0.717, 1.165) is 5.56 Å². The van der Waals surface area contributed by atoms with Crippen molar-refractivity contribution in [3.63, 3.8) is 0 Å². The molecule has 3 aromatic rings. The monoisotopic (exact) mass is 672 g/mol. The fourth-order valence-electron chi connectivity index (χ4n) is 4.75. The number of ether oxygens (including phenoxy) is 5. The lowest BCUT2D eigenvalue weighted by molar-refractivity contribution is -0.139. The fourth-order valence-corrected chi connectivity index (χ4v) is 6.35. The second-order valence-corrected chi connectivity index (χ2v) is 12.2. The van der Waals surface area contributed by atoms with E-state index in [-0.39, 0.29) is 29.9 Å². The van der Waals surface area contributed by atoms with Gasteiger partial charge in [0.1, 0.15) is 0 Å². The van der Waals surface area contributed by atoms with Crippen molar-refractivity contribution < 1.29 is 28.5 Å². The van der Waals surface area contributed by atoms with Crippen molar-refractivity contribution in [1.29, 1.82) is 0 Å². The van der Waals surface area contributed by atoms with Crippen molar-refractivity contribution >= 4 is 39.3 Å². The number of fused-ring (bicyclic) bond motifs is 1. The quantitative estimate of drug-likeness (QED) is 0.247. The van der Waals surface area contributed by atoms with Crippen LogP contribution < -0.4 is 33.8 Å². The second kappa shape index (κ2) is 13.8. The van der Waals surface area contributed by atoms with Crippen LogP contribution in [-0.2, 0) is 9.53 Å². The molecular formula is C32H37BrN2O7S. The van der Waals surface area contributed by atoms with E-state index in [0.29, 0.717) is 54.7 Å². The van der Waals surface area contributed by atoms with E-state index >= 15 is 0 Å². The number of esters is 1. The van der Waals surface area contributed by atoms with Crippen LogP contribution in [0, 0.1) is 0 Å². The molecule has 0 unspecified atom stereocenters. The van der Waals surface area contributed by atoms with E-state index < -0.39 is 12.0 Å². The number of carbonyl (C=O) groups excluding carboxylic acids is 1. The summed E-state index contributed by atoms with van der Waals surface area (Å²) >= 11 is 4.85. The molecule has 0 radical (unpaired) electrons. The molecule has 0 fully saturated rings. The molecule has 230 valence electrons. The molecule has 1 aliphatic heterocycles. The molecule has 1 aromatic heterocycles. The van der Waals surface area contributed by atoms with Gasteiger partial charge in [-0.1, -0.05) is 17.4 Å². The minimum Gasteiger partial charge on any atom is -0.493 e. The van der Waals surface area contributed by atoms with Gasteiger partial charge < -0.3 is 23.7 Å². The molecule has 0 aliphatic carbocycles. The zero-order valence-electron chi connectivity index (χ0n) is 25.6. The molecule has 2 aromatic carbocycles. The molecule has 4 rings (SSSR count). The Morgan fingerprint density at radius 3 is 2.40 bits per heavy atom. The molecule has 1 atom stereocenters. The van der Waals surface area contributed by atoms with Crippen LogP contribution in [-0.4, -0.2) is 43.1 Å². The Morgan fingerprint density at radius 1 is 1.05 bits per heavy atom. The third kappa shape index (κ3) is 6.99. The molecule has 0 spiro atoms. The Labute approximate surface area is 263 Å². The van der Waals surface area contributed by atoms with Gasteiger partial charge in [-0.05, 0) is 106 Å². The molecule has 0 bridgehead atoms. The molecule has 2 heterocycles. The summed E-state index contributed by atoms with van der Waals surface area (Å²) in [6, 6.07) is 8.34. The van der Waals surface area contributed by atoms with Gasteiger partial charge in [-0.25, -0.2) is 9.79 Å². The standard InChI is InChI=1S/C32H37BrN2O7S/c1-9-39-25-14-20(13-22(33)29(25)42-18(5)6)15-26-30(36)35-28(21-11-12-23(41-17(3)4)24(16-21)38-8)27(31(37)40-10-2)19(7)34-32(35)43-26/h11-18,28H,9-10H2,1-8H3/b26-15+/t28-/m0/s1. The number of hydrogen-bond donors (Lipinski definition) is 0. The number of aromatic nitrogens is 1. The van der Waals surface area contributed by atoms with Gasteiger partial charge >= 0.3 is 5.97 Å². The molecule has 11 heteroatoms. The minimum atomic E-state index is -0.785. The Balaban J connectivity index is 1.92. The third-order valence-electron chi connectivity index (χ3n) is 6.37. The molecule has 43 heavy (non-hydrogen) atoms. The summed E-state index contributed by atoms with van der Waals surface area (Å²) < 4.78 is 31.5. The van der Waals surface area contributed by atoms with Crippen LogP contribution >= 0.6 is 27.3 Å². The number of rotatable bonds is 11. The Morgan fingerprint density at radius 2 is 1.77 bits per heavy atom. The Bertz CT molecular complexity index is 1720. The van der Waals surface area contributed by atoms with Gasteiger partial charge in [0, 0.05) is 0 Å². The van der Waals surface area contributed by atoms with Gasteiger partial charge in [0.25, 0.3) is 5.56 Å². The van der Waals surface area contributed by atoms with Crippen LogP contribution in [0.1, 0.15) is 65.6 Å². The first kappa shape index (κ1) is 32.3. The topological polar surface area (TPSA) is 97.6 Å². The number of thiazole rings is 1. The van der Waals surface area contributed by atoms with Crippen LogP contribution in [0.3, 0.4) is 0 Å². The largest absolute Gasteiger partial charge is 0.493 e. The maximum atomic E-state index is 14.1. The summed E-state index contributed by atoms with van der Waals surface area (Å²) in [6.07, 6.45) is 1.67. The van der Waals surface area contributed by atoms with Crippen molar-refractivity contribution in [1.82, 2.24) is 4.57 Å². The summed E-state index contributed by atoms with van der Waals surface area (Å²) in [5.41, 5.74) is 1.88. The highest BCUT2D eigenvalue weighted by Gasteiger charge is 2.34. The number of benzene rings is 2. The molecular weight excluding hydrogens is 636 g/mol. The van der Waals surface area contributed by atoms with E-state index in [1.807, 2.05) is 52.8 Å². The SMILES string of the molecule is CCOC(=O)C1=C(C)N=c2s/c(=C/c3cc(Br)c(OC(C)C)c(OCC)c3)c(=O)n2[C@H]1c1ccc(OC(C)C)c(OC)c1. The number of carbonyl (C=O) groups is 1. The van der Waals surface area contributed by atoms with Crippen molar-refractivity contribution in [3.8, 4) is 23.0 Å². The first-order valence-corrected chi connectivity index (χ1v) is 15.8. The van der Waals surface area contributed by atoms with Gasteiger partial charge in [0.05, 0.1) is 58.8 Å². The Hall–Kier alpha value is -3.57. The van der Waals surface area contributed by atoms with Gasteiger partial charge in [0.2, 0.25) is 0 Å². The predicted octanol–water partition coefficient (Wildman–Crippen LogP) is 5.54. The minimum absolute atomic E-state index is 0.0495. The number of methoxy groups -OCH3 is 1. The van der Waals surface area contributed by atoms with E-state index in [9.17, 15) is 9.59 Å². The van der Waals surface area contributed by atoms with Crippen LogP contribution in [0.5, 0.6) is 23.0 Å². The van der Waals surface area contributed by atoms with E-state index in [4.69, 9.17) is 23.7 Å². The maximum absolute atomic E-state index is 14.1. The Kier molecular flexibility index (Phi) is 10.4. The summed E-state index contributed by atoms with van der Waals surface area (Å²) in [5, 5.41) is 0. The molecule has 9 nitrogen and oxygen atoms in total. The highest BCUT2D eigenvalue weighted by Crippen LogP contribution is 2.38. The highest BCUT2D eigenvalue weighted by molar-refractivity contribution is 9.10. The number of halogens is 1. The van der Waals surface area contributed by atoms with E-state index in [1.165, 1.54) is 11.3 Å². The van der Waals surface area contributed by atoms with Crippen LogP contribution in [0.25, 0.3) is 6.08 Å². The number of nitrogens with zero attached hydrogens (tertiary/aromatic N) is 2. The molecule has 0 saturated carbocycles. The van der Waals surface area contributed by atoms with Gasteiger partial charge in [-0.3, -0.25) is 9.36 Å². The maximum Gasteiger partial charge on any atom is 0.338 e. The van der Waals surface area contributed by atoms with Crippen molar-refractivity contribution in [2.75, 3.05) is 20.3 Å². The molecule has 0 amide bonds. The number of allylic oxidation sites excluding steroid dienone is 1. The van der Waals surface area contributed by atoms with Crippen LogP contribution in [0.15, 0.2) is 55.9 Å². The van der Waals surface area contributed by atoms with Crippen molar-refractivity contribution in [3.05, 3.63) is 76.9 Å². The fraction of sp³-hybridized carbons (Fsp3) is 0.406. The molecule has 0 N–H and O–H groups in total. The third-order valence-corrected chi connectivity index (χ3v) is 7.94. The summed E-state index contributed by atoms with van der Waals surface area (Å²) in [5.74, 6) is 1.69. The molecule has 0 saturated heterocycles. The smallest absolute Gasteiger partial charge is 0.338 e. The normalized spacial score (nSPS) is 15.0. The number of hydrogen-bond acceptors (Lipinski definition) is 9. The first-order valence-electron chi connectivity index (χ1n) is 14.2. The van der Waals surface area contributed by atoms with Crippen molar-refractivity contribution in [2.24, 2.45) is 4.99 Å². The van der Waals surface area contributed by atoms with E-state index in [1.54, 1.807) is 43.7 Å². The van der Waals surface area contributed by atoms with Crippen LogP contribution in [0.4, 0.5) is 0 Å². The van der Waals surface area contributed by atoms with E-state index in [2.05, 4.69) is 20.9 Å².